The first-order valence-electron chi connectivity index (χ1n) is 5.79. The highest BCUT2D eigenvalue weighted by atomic mass is 32.1. The van der Waals surface area contributed by atoms with Gasteiger partial charge in [-0.05, 0) is 27.7 Å². The summed E-state index contributed by atoms with van der Waals surface area (Å²) in [5.41, 5.74) is 0.997. The minimum atomic E-state index is 0.0618. The van der Waals surface area contributed by atoms with E-state index in [4.69, 9.17) is 0 Å². The smallest absolute Gasteiger partial charge is 0.221 e. The zero-order chi connectivity index (χ0) is 12.9. The summed E-state index contributed by atoms with van der Waals surface area (Å²) in [6.07, 6.45) is 0.500. The average molecular weight is 255 g/mol. The van der Waals surface area contributed by atoms with Crippen molar-refractivity contribution in [3.05, 3.63) is 16.1 Å². The van der Waals surface area contributed by atoms with Crippen LogP contribution in [0, 0.1) is 6.92 Å². The summed E-state index contributed by atoms with van der Waals surface area (Å²) in [5, 5.41) is 9.15. The van der Waals surface area contributed by atoms with Gasteiger partial charge in [-0.25, -0.2) is 4.98 Å². The third-order valence-electron chi connectivity index (χ3n) is 2.14. The van der Waals surface area contributed by atoms with E-state index in [0.717, 1.165) is 10.7 Å². The van der Waals surface area contributed by atoms with Crippen molar-refractivity contribution in [2.24, 2.45) is 0 Å². The molecule has 4 nitrogen and oxygen atoms in total. The second-order valence-corrected chi connectivity index (χ2v) is 6.12. The normalized spacial score (nSPS) is 11.5. The first-order valence-corrected chi connectivity index (χ1v) is 6.67. The van der Waals surface area contributed by atoms with E-state index in [-0.39, 0.29) is 11.4 Å². The minimum absolute atomic E-state index is 0.0618. The van der Waals surface area contributed by atoms with Crippen LogP contribution in [0.5, 0.6) is 0 Å². The topological polar surface area (TPSA) is 54.0 Å². The number of aryl methyl sites for hydroxylation is 1. The number of hydrogen-bond acceptors (Lipinski definition) is 4. The minimum Gasteiger partial charge on any atom is -0.350 e. The van der Waals surface area contributed by atoms with Crippen molar-refractivity contribution in [2.75, 3.05) is 6.54 Å². The molecule has 0 radical (unpaired) electrons. The molecule has 0 aliphatic carbocycles. The number of nitrogens with one attached hydrogen (secondary N) is 2. The van der Waals surface area contributed by atoms with E-state index in [1.165, 1.54) is 0 Å². The number of thiazole rings is 1. The van der Waals surface area contributed by atoms with Gasteiger partial charge in [-0.1, -0.05) is 0 Å². The maximum atomic E-state index is 11.5. The van der Waals surface area contributed by atoms with Crippen LogP contribution >= 0.6 is 11.3 Å². The van der Waals surface area contributed by atoms with Crippen LogP contribution in [0.25, 0.3) is 0 Å². The Bertz CT molecular complexity index is 368. The fourth-order valence-electron chi connectivity index (χ4n) is 1.32. The first kappa shape index (κ1) is 14.1. The third-order valence-corrected chi connectivity index (χ3v) is 2.96. The quantitative estimate of drug-likeness (QED) is 0.844. The van der Waals surface area contributed by atoms with E-state index in [1.807, 2.05) is 12.3 Å². The number of hydrogen-bond donors (Lipinski definition) is 2. The highest BCUT2D eigenvalue weighted by molar-refractivity contribution is 7.09. The van der Waals surface area contributed by atoms with Crippen LogP contribution in [0.3, 0.4) is 0 Å². The fraction of sp³-hybridized carbons (Fsp3) is 0.667. The zero-order valence-corrected chi connectivity index (χ0v) is 11.8. The molecule has 5 heteroatoms. The zero-order valence-electron chi connectivity index (χ0n) is 11.0. The van der Waals surface area contributed by atoms with Gasteiger partial charge in [0.1, 0.15) is 0 Å². The van der Waals surface area contributed by atoms with Crippen molar-refractivity contribution < 1.29 is 4.79 Å². The van der Waals surface area contributed by atoms with Crippen LogP contribution in [-0.2, 0) is 11.3 Å². The molecule has 1 heterocycles. The maximum absolute atomic E-state index is 11.5. The molecule has 1 rings (SSSR count). The summed E-state index contributed by atoms with van der Waals surface area (Å²) in [7, 11) is 0. The van der Waals surface area contributed by atoms with E-state index in [0.29, 0.717) is 19.5 Å². The molecule has 0 spiro atoms. The van der Waals surface area contributed by atoms with Gasteiger partial charge in [-0.3, -0.25) is 4.79 Å². The molecule has 2 N–H and O–H groups in total. The molecule has 0 aromatic carbocycles. The lowest BCUT2D eigenvalue weighted by Gasteiger charge is -2.20. The SMILES string of the molecule is Cc1nc(CNC(=O)CCNC(C)(C)C)cs1. The van der Waals surface area contributed by atoms with Gasteiger partial charge in [0.2, 0.25) is 5.91 Å². The van der Waals surface area contributed by atoms with E-state index < -0.39 is 0 Å². The number of rotatable bonds is 5. The number of carbonyl (C=O) groups excluding carboxylic acids is 1. The lowest BCUT2D eigenvalue weighted by molar-refractivity contribution is -0.121. The summed E-state index contributed by atoms with van der Waals surface area (Å²) in [6, 6.07) is 0. The molecule has 1 aromatic heterocycles. The Morgan fingerprint density at radius 1 is 1.47 bits per heavy atom. The number of nitrogens with zero attached hydrogens (tertiary/aromatic N) is 1. The van der Waals surface area contributed by atoms with Crippen molar-refractivity contribution >= 4 is 17.2 Å². The van der Waals surface area contributed by atoms with Crippen LogP contribution in [-0.4, -0.2) is 23.0 Å². The van der Waals surface area contributed by atoms with Gasteiger partial charge in [0.05, 0.1) is 17.2 Å². The Labute approximate surface area is 107 Å². The molecule has 0 bridgehead atoms. The van der Waals surface area contributed by atoms with Crippen molar-refractivity contribution in [2.45, 2.75) is 46.2 Å². The Balaban J connectivity index is 2.18. The molecule has 1 aromatic rings. The van der Waals surface area contributed by atoms with E-state index >= 15 is 0 Å². The fourth-order valence-corrected chi connectivity index (χ4v) is 1.93. The Kier molecular flexibility index (Phi) is 5.08. The highest BCUT2D eigenvalue weighted by Crippen LogP contribution is 2.07. The van der Waals surface area contributed by atoms with Crippen LogP contribution in [0.4, 0.5) is 0 Å². The van der Waals surface area contributed by atoms with Gasteiger partial charge in [-0.2, -0.15) is 0 Å². The van der Waals surface area contributed by atoms with Crippen molar-refractivity contribution in [3.8, 4) is 0 Å². The van der Waals surface area contributed by atoms with Gasteiger partial charge in [0.25, 0.3) is 0 Å². The molecule has 0 aliphatic heterocycles. The molecule has 0 aliphatic rings. The molecule has 0 fully saturated rings. The molecular weight excluding hydrogens is 234 g/mol. The molecule has 0 atom stereocenters. The van der Waals surface area contributed by atoms with E-state index in [2.05, 4.69) is 36.4 Å². The first-order chi connectivity index (χ1) is 7.87. The van der Waals surface area contributed by atoms with Gasteiger partial charge in [0, 0.05) is 23.9 Å². The summed E-state index contributed by atoms with van der Waals surface area (Å²) in [6.45, 7) is 9.45. The second-order valence-electron chi connectivity index (χ2n) is 5.06. The Hall–Kier alpha value is -0.940. The molecule has 0 saturated carbocycles. The maximum Gasteiger partial charge on any atom is 0.221 e. The third kappa shape index (κ3) is 6.38. The van der Waals surface area contributed by atoms with Crippen molar-refractivity contribution in [1.29, 1.82) is 0 Å². The lowest BCUT2D eigenvalue weighted by atomic mass is 10.1. The summed E-state index contributed by atoms with van der Waals surface area (Å²) in [5.74, 6) is 0.0624. The number of amides is 1. The molecule has 96 valence electrons. The average Bonchev–Trinajstić information content (AvgIpc) is 2.59. The molecule has 17 heavy (non-hydrogen) atoms. The van der Waals surface area contributed by atoms with Crippen LogP contribution in [0.2, 0.25) is 0 Å². The lowest BCUT2D eigenvalue weighted by Crippen LogP contribution is -2.38. The van der Waals surface area contributed by atoms with Crippen LogP contribution in [0.1, 0.15) is 37.9 Å². The van der Waals surface area contributed by atoms with E-state index in [1.54, 1.807) is 11.3 Å². The molecule has 0 saturated heterocycles. The predicted molar refractivity (Wildman–Crippen MR) is 71.1 cm³/mol. The highest BCUT2D eigenvalue weighted by Gasteiger charge is 2.09. The summed E-state index contributed by atoms with van der Waals surface area (Å²) < 4.78 is 0. The number of carbonyl (C=O) groups is 1. The number of aromatic nitrogens is 1. The molecule has 0 unspecified atom stereocenters. The summed E-state index contributed by atoms with van der Waals surface area (Å²) >= 11 is 1.60. The van der Waals surface area contributed by atoms with Crippen molar-refractivity contribution in [3.63, 3.8) is 0 Å². The predicted octanol–water partition coefficient (Wildman–Crippen LogP) is 1.85. The van der Waals surface area contributed by atoms with Gasteiger partial charge < -0.3 is 10.6 Å². The van der Waals surface area contributed by atoms with Gasteiger partial charge in [-0.15, -0.1) is 11.3 Å². The van der Waals surface area contributed by atoms with Crippen molar-refractivity contribution in [1.82, 2.24) is 15.6 Å². The Morgan fingerprint density at radius 3 is 2.71 bits per heavy atom. The standard InChI is InChI=1S/C12H21N3OS/c1-9-15-10(8-17-9)7-13-11(16)5-6-14-12(2,3)4/h8,14H,5-7H2,1-4H3,(H,13,16). The van der Waals surface area contributed by atoms with Gasteiger partial charge in [0.15, 0.2) is 0 Å². The largest absolute Gasteiger partial charge is 0.350 e. The van der Waals surface area contributed by atoms with Gasteiger partial charge >= 0.3 is 0 Å². The monoisotopic (exact) mass is 255 g/mol. The van der Waals surface area contributed by atoms with Crippen LogP contribution in [0.15, 0.2) is 5.38 Å². The molecular formula is C12H21N3OS. The van der Waals surface area contributed by atoms with Crippen LogP contribution < -0.4 is 10.6 Å². The Morgan fingerprint density at radius 2 is 2.18 bits per heavy atom. The van der Waals surface area contributed by atoms with E-state index in [9.17, 15) is 4.79 Å². The summed E-state index contributed by atoms with van der Waals surface area (Å²) in [4.78, 5) is 15.8. The second kappa shape index (κ2) is 6.12. The molecule has 1 amide bonds.